The summed E-state index contributed by atoms with van der Waals surface area (Å²) in [5, 5.41) is 0. The lowest BCUT2D eigenvalue weighted by atomic mass is 10.2. The molecule has 3 rings (SSSR count). The minimum Gasteiger partial charge on any atom is -0.347 e. The van der Waals surface area contributed by atoms with Crippen molar-refractivity contribution in [1.29, 1.82) is 0 Å². The molecule has 2 aromatic rings. The molecule has 2 aromatic heterocycles. The standard InChI is InChI=1S/C13H15ClN4/c1-10-6-11(7-14)8-16-13(10)18-5-4-17-3-2-15-12(17)9-18/h2-3,6,8H,4-5,7,9H2,1H3. The van der Waals surface area contributed by atoms with E-state index in [0.717, 1.165) is 36.8 Å². The van der Waals surface area contributed by atoms with Crippen LogP contribution in [0.25, 0.3) is 0 Å². The van der Waals surface area contributed by atoms with E-state index in [0.29, 0.717) is 5.88 Å². The van der Waals surface area contributed by atoms with Gasteiger partial charge in [0, 0.05) is 37.6 Å². The van der Waals surface area contributed by atoms with Crippen molar-refractivity contribution in [3.8, 4) is 0 Å². The van der Waals surface area contributed by atoms with Crippen molar-refractivity contribution in [2.45, 2.75) is 25.9 Å². The molecular weight excluding hydrogens is 248 g/mol. The summed E-state index contributed by atoms with van der Waals surface area (Å²) in [4.78, 5) is 11.2. The first-order valence-electron chi connectivity index (χ1n) is 6.04. The van der Waals surface area contributed by atoms with Gasteiger partial charge in [0.2, 0.25) is 0 Å². The number of hydrogen-bond donors (Lipinski definition) is 0. The van der Waals surface area contributed by atoms with E-state index < -0.39 is 0 Å². The predicted molar refractivity (Wildman–Crippen MR) is 71.8 cm³/mol. The number of hydrogen-bond acceptors (Lipinski definition) is 3. The third kappa shape index (κ3) is 1.97. The molecule has 0 saturated heterocycles. The zero-order valence-electron chi connectivity index (χ0n) is 10.3. The maximum absolute atomic E-state index is 5.82. The Morgan fingerprint density at radius 1 is 1.33 bits per heavy atom. The summed E-state index contributed by atoms with van der Waals surface area (Å²) in [6.45, 7) is 4.84. The Labute approximate surface area is 111 Å². The zero-order chi connectivity index (χ0) is 12.5. The number of pyridine rings is 1. The normalized spacial score (nSPS) is 14.7. The SMILES string of the molecule is Cc1cc(CCl)cnc1N1CCn2ccnc2C1. The summed E-state index contributed by atoms with van der Waals surface area (Å²) in [5.74, 6) is 2.65. The monoisotopic (exact) mass is 262 g/mol. The van der Waals surface area contributed by atoms with Crippen molar-refractivity contribution in [3.05, 3.63) is 41.6 Å². The molecule has 5 heteroatoms. The van der Waals surface area contributed by atoms with Gasteiger partial charge in [-0.2, -0.15) is 0 Å². The molecule has 3 heterocycles. The lowest BCUT2D eigenvalue weighted by Crippen LogP contribution is -2.34. The Hall–Kier alpha value is -1.55. The number of imidazole rings is 1. The highest BCUT2D eigenvalue weighted by atomic mass is 35.5. The van der Waals surface area contributed by atoms with E-state index >= 15 is 0 Å². The highest BCUT2D eigenvalue weighted by molar-refractivity contribution is 6.17. The molecular formula is C13H15ClN4. The minimum absolute atomic E-state index is 0.512. The second-order valence-electron chi connectivity index (χ2n) is 4.58. The molecule has 4 nitrogen and oxygen atoms in total. The fourth-order valence-electron chi connectivity index (χ4n) is 2.38. The Kier molecular flexibility index (Phi) is 2.96. The average molecular weight is 263 g/mol. The number of alkyl halides is 1. The number of fused-ring (bicyclic) bond motifs is 1. The van der Waals surface area contributed by atoms with Gasteiger partial charge in [-0.3, -0.25) is 0 Å². The van der Waals surface area contributed by atoms with Gasteiger partial charge in [-0.1, -0.05) is 0 Å². The van der Waals surface area contributed by atoms with Crippen molar-refractivity contribution < 1.29 is 0 Å². The smallest absolute Gasteiger partial charge is 0.131 e. The molecule has 0 unspecified atom stereocenters. The van der Waals surface area contributed by atoms with E-state index in [1.54, 1.807) is 0 Å². The van der Waals surface area contributed by atoms with Gasteiger partial charge in [-0.15, -0.1) is 11.6 Å². The topological polar surface area (TPSA) is 34.0 Å². The van der Waals surface area contributed by atoms with E-state index in [9.17, 15) is 0 Å². The van der Waals surface area contributed by atoms with Crippen LogP contribution in [-0.4, -0.2) is 21.1 Å². The number of rotatable bonds is 2. The van der Waals surface area contributed by atoms with E-state index in [2.05, 4.69) is 32.4 Å². The summed E-state index contributed by atoms with van der Waals surface area (Å²) in [7, 11) is 0. The van der Waals surface area contributed by atoms with Crippen LogP contribution in [-0.2, 0) is 19.0 Å². The molecule has 0 N–H and O–H groups in total. The molecule has 0 amide bonds. The van der Waals surface area contributed by atoms with Crippen LogP contribution in [0.2, 0.25) is 0 Å². The van der Waals surface area contributed by atoms with Gasteiger partial charge in [0.25, 0.3) is 0 Å². The van der Waals surface area contributed by atoms with Gasteiger partial charge >= 0.3 is 0 Å². The third-order valence-electron chi connectivity index (χ3n) is 3.31. The zero-order valence-corrected chi connectivity index (χ0v) is 11.1. The fourth-order valence-corrected chi connectivity index (χ4v) is 2.53. The van der Waals surface area contributed by atoms with Gasteiger partial charge in [0.15, 0.2) is 0 Å². The van der Waals surface area contributed by atoms with E-state index in [4.69, 9.17) is 11.6 Å². The molecule has 0 aromatic carbocycles. The number of aryl methyl sites for hydroxylation is 1. The van der Waals surface area contributed by atoms with Gasteiger partial charge < -0.3 is 9.47 Å². The molecule has 1 aliphatic heterocycles. The maximum Gasteiger partial charge on any atom is 0.131 e. The van der Waals surface area contributed by atoms with Crippen LogP contribution in [0.15, 0.2) is 24.7 Å². The van der Waals surface area contributed by atoms with Crippen molar-refractivity contribution in [1.82, 2.24) is 14.5 Å². The van der Waals surface area contributed by atoms with E-state index in [1.807, 2.05) is 18.6 Å². The quantitative estimate of drug-likeness (QED) is 0.779. The number of nitrogens with zero attached hydrogens (tertiary/aromatic N) is 4. The molecule has 0 saturated carbocycles. The van der Waals surface area contributed by atoms with Gasteiger partial charge in [-0.05, 0) is 24.1 Å². The fraction of sp³-hybridized carbons (Fsp3) is 0.385. The Morgan fingerprint density at radius 3 is 3.00 bits per heavy atom. The molecule has 0 spiro atoms. The number of halogens is 1. The lowest BCUT2D eigenvalue weighted by molar-refractivity contribution is 0.555. The first-order chi connectivity index (χ1) is 8.78. The average Bonchev–Trinajstić information content (AvgIpc) is 2.85. The van der Waals surface area contributed by atoms with Crippen LogP contribution in [0.3, 0.4) is 0 Å². The first kappa shape index (κ1) is 11.5. The predicted octanol–water partition coefficient (Wildman–Crippen LogP) is 2.35. The van der Waals surface area contributed by atoms with E-state index in [-0.39, 0.29) is 0 Å². The van der Waals surface area contributed by atoms with Crippen LogP contribution in [0, 0.1) is 6.92 Å². The Bertz CT molecular complexity index is 564. The summed E-state index contributed by atoms with van der Waals surface area (Å²) in [6.07, 6.45) is 5.75. The third-order valence-corrected chi connectivity index (χ3v) is 3.61. The molecule has 1 aliphatic rings. The van der Waals surface area contributed by atoms with Gasteiger partial charge in [0.05, 0.1) is 6.54 Å². The first-order valence-corrected chi connectivity index (χ1v) is 6.58. The molecule has 0 atom stereocenters. The largest absolute Gasteiger partial charge is 0.347 e. The molecule has 0 fully saturated rings. The van der Waals surface area contributed by atoms with Crippen molar-refractivity contribution in [2.24, 2.45) is 0 Å². The van der Waals surface area contributed by atoms with Crippen LogP contribution < -0.4 is 4.90 Å². The number of aromatic nitrogens is 3. The van der Waals surface area contributed by atoms with Gasteiger partial charge in [-0.25, -0.2) is 9.97 Å². The van der Waals surface area contributed by atoms with Crippen LogP contribution in [0.5, 0.6) is 0 Å². The molecule has 94 valence electrons. The minimum atomic E-state index is 0.512. The summed E-state index contributed by atoms with van der Waals surface area (Å²) in [5.41, 5.74) is 2.24. The molecule has 0 aliphatic carbocycles. The van der Waals surface area contributed by atoms with Crippen LogP contribution in [0.1, 0.15) is 17.0 Å². The van der Waals surface area contributed by atoms with Crippen molar-refractivity contribution in [2.75, 3.05) is 11.4 Å². The Balaban J connectivity index is 1.88. The van der Waals surface area contributed by atoms with E-state index in [1.165, 1.54) is 5.56 Å². The number of anilines is 1. The lowest BCUT2D eigenvalue weighted by Gasteiger charge is -2.29. The van der Waals surface area contributed by atoms with Crippen LogP contribution in [0.4, 0.5) is 5.82 Å². The van der Waals surface area contributed by atoms with Crippen molar-refractivity contribution in [3.63, 3.8) is 0 Å². The second-order valence-corrected chi connectivity index (χ2v) is 4.84. The second kappa shape index (κ2) is 4.61. The maximum atomic E-state index is 5.82. The summed E-state index contributed by atoms with van der Waals surface area (Å²) < 4.78 is 2.19. The summed E-state index contributed by atoms with van der Waals surface area (Å²) >= 11 is 5.82. The van der Waals surface area contributed by atoms with Gasteiger partial charge in [0.1, 0.15) is 11.6 Å². The molecule has 0 radical (unpaired) electrons. The molecule has 18 heavy (non-hydrogen) atoms. The van der Waals surface area contributed by atoms with Crippen LogP contribution >= 0.6 is 11.6 Å². The Morgan fingerprint density at radius 2 is 2.22 bits per heavy atom. The summed E-state index contributed by atoms with van der Waals surface area (Å²) in [6, 6.07) is 2.11. The molecule has 0 bridgehead atoms. The highest BCUT2D eigenvalue weighted by Gasteiger charge is 2.19. The highest BCUT2D eigenvalue weighted by Crippen LogP contribution is 2.22. The van der Waals surface area contributed by atoms with Crippen molar-refractivity contribution >= 4 is 17.4 Å².